The molecule has 184 valence electrons. The molecule has 1 N–H and O–H groups in total. The van der Waals surface area contributed by atoms with Crippen molar-refractivity contribution in [2.24, 2.45) is 11.8 Å². The number of rotatable bonds is 6. The number of amides is 2. The van der Waals surface area contributed by atoms with Gasteiger partial charge in [-0.2, -0.15) is 0 Å². The number of nitrogens with zero attached hydrogens (tertiary/aromatic N) is 3. The summed E-state index contributed by atoms with van der Waals surface area (Å²) in [7, 11) is 1.80. The molecule has 4 rings (SSSR count). The number of carbonyl (C=O) groups excluding carboxylic acids is 2. The van der Waals surface area contributed by atoms with Crippen LogP contribution in [0.2, 0.25) is 0 Å². The van der Waals surface area contributed by atoms with Gasteiger partial charge in [0.2, 0.25) is 11.8 Å². The third kappa shape index (κ3) is 6.01. The zero-order valence-corrected chi connectivity index (χ0v) is 20.6. The Morgan fingerprint density at radius 2 is 2.06 bits per heavy atom. The summed E-state index contributed by atoms with van der Waals surface area (Å²) >= 11 is 0. The maximum Gasteiger partial charge on any atom is 0.259 e. The van der Waals surface area contributed by atoms with Crippen LogP contribution in [0.1, 0.15) is 48.2 Å². The van der Waals surface area contributed by atoms with Crippen LogP contribution in [-0.4, -0.2) is 70.6 Å². The fourth-order valence-corrected chi connectivity index (χ4v) is 4.23. The molecule has 1 saturated carbocycles. The van der Waals surface area contributed by atoms with Crippen molar-refractivity contribution in [2.75, 3.05) is 26.7 Å². The number of aliphatic hydroxyl groups excluding tert-OH is 1. The van der Waals surface area contributed by atoms with Gasteiger partial charge in [-0.25, -0.2) is 4.98 Å². The number of hydrogen-bond acceptors (Lipinski definition) is 5. The Morgan fingerprint density at radius 1 is 1.31 bits per heavy atom. The van der Waals surface area contributed by atoms with Crippen LogP contribution in [0.25, 0.3) is 0 Å². The predicted molar refractivity (Wildman–Crippen MR) is 133 cm³/mol. The standard InChI is InChI=1S/C28H33N3O4/c1-19-16-31(20(2)18-32)28(34)24-14-22(11-7-10-21-8-5-4-6-9-21)15-29-26(24)35-25(19)17-30(3)27(33)23-12-13-23/h4-6,8-9,14-15,19-20,23,25,32H,10,12-13,16-18H2,1-3H3/t19-,20-,25-/m1/s1. The average molecular weight is 476 g/mol. The third-order valence-corrected chi connectivity index (χ3v) is 6.65. The Kier molecular flexibility index (Phi) is 7.72. The van der Waals surface area contributed by atoms with Gasteiger partial charge in [0.1, 0.15) is 11.7 Å². The van der Waals surface area contributed by atoms with Crippen molar-refractivity contribution < 1.29 is 19.4 Å². The molecule has 7 heteroatoms. The van der Waals surface area contributed by atoms with Crippen LogP contribution in [0, 0.1) is 23.7 Å². The Morgan fingerprint density at radius 3 is 2.74 bits per heavy atom. The topological polar surface area (TPSA) is 83.0 Å². The summed E-state index contributed by atoms with van der Waals surface area (Å²) in [5.74, 6) is 6.44. The smallest absolute Gasteiger partial charge is 0.259 e. The van der Waals surface area contributed by atoms with Crippen molar-refractivity contribution in [1.82, 2.24) is 14.8 Å². The summed E-state index contributed by atoms with van der Waals surface area (Å²) < 4.78 is 6.27. The molecule has 0 unspecified atom stereocenters. The van der Waals surface area contributed by atoms with Crippen molar-refractivity contribution >= 4 is 11.8 Å². The predicted octanol–water partition coefficient (Wildman–Crippen LogP) is 2.76. The third-order valence-electron chi connectivity index (χ3n) is 6.65. The van der Waals surface area contributed by atoms with Crippen LogP contribution in [0.5, 0.6) is 5.88 Å². The first kappa shape index (κ1) is 24.7. The van der Waals surface area contributed by atoms with E-state index in [0.29, 0.717) is 30.6 Å². The van der Waals surface area contributed by atoms with Crippen molar-refractivity contribution in [1.29, 1.82) is 0 Å². The number of pyridine rings is 1. The second-order valence-electron chi connectivity index (χ2n) is 9.66. The number of aliphatic hydroxyl groups is 1. The number of aromatic nitrogens is 1. The fourth-order valence-electron chi connectivity index (χ4n) is 4.23. The molecule has 0 saturated heterocycles. The van der Waals surface area contributed by atoms with Gasteiger partial charge in [-0.3, -0.25) is 9.59 Å². The van der Waals surface area contributed by atoms with Crippen molar-refractivity contribution in [3.05, 3.63) is 59.3 Å². The molecular weight excluding hydrogens is 442 g/mol. The minimum Gasteiger partial charge on any atom is -0.472 e. The van der Waals surface area contributed by atoms with Gasteiger partial charge in [-0.05, 0) is 31.4 Å². The molecular formula is C28H33N3O4. The number of hydrogen-bond donors (Lipinski definition) is 1. The highest BCUT2D eigenvalue weighted by Gasteiger charge is 2.37. The number of benzene rings is 1. The zero-order valence-electron chi connectivity index (χ0n) is 20.6. The first-order valence-electron chi connectivity index (χ1n) is 12.2. The highest BCUT2D eigenvalue weighted by atomic mass is 16.5. The summed E-state index contributed by atoms with van der Waals surface area (Å²) in [6, 6.07) is 11.3. The van der Waals surface area contributed by atoms with E-state index < -0.39 is 0 Å². The molecule has 0 bridgehead atoms. The van der Waals surface area contributed by atoms with Crippen LogP contribution >= 0.6 is 0 Å². The highest BCUT2D eigenvalue weighted by molar-refractivity contribution is 5.97. The molecule has 1 aromatic carbocycles. The molecule has 2 amide bonds. The lowest BCUT2D eigenvalue weighted by Gasteiger charge is -2.37. The van der Waals surface area contributed by atoms with Crippen LogP contribution in [0.3, 0.4) is 0 Å². The number of carbonyl (C=O) groups is 2. The molecule has 1 aromatic heterocycles. The van der Waals surface area contributed by atoms with Crippen molar-refractivity contribution in [2.45, 2.75) is 45.3 Å². The van der Waals surface area contributed by atoms with Gasteiger partial charge in [-0.1, -0.05) is 49.1 Å². The first-order chi connectivity index (χ1) is 16.9. The normalized spacial score (nSPS) is 20.5. The van der Waals surface area contributed by atoms with E-state index in [1.165, 1.54) is 0 Å². The van der Waals surface area contributed by atoms with Gasteiger partial charge < -0.3 is 19.6 Å². The fraction of sp³-hybridized carbons (Fsp3) is 0.464. The number of likely N-dealkylation sites (N-methyl/N-ethyl adjacent to an activating group) is 1. The molecule has 2 heterocycles. The summed E-state index contributed by atoms with van der Waals surface area (Å²) in [4.78, 5) is 33.9. The molecule has 0 radical (unpaired) electrons. The van der Waals surface area contributed by atoms with Gasteiger partial charge in [-0.15, -0.1) is 0 Å². The SMILES string of the molecule is C[C@@H]1CN([C@H](C)CO)C(=O)c2cc(C#CCc3ccccc3)cnc2O[C@@H]1CN(C)C(=O)C1CC1. The lowest BCUT2D eigenvalue weighted by molar-refractivity contribution is -0.132. The van der Waals surface area contributed by atoms with Crippen LogP contribution in [-0.2, 0) is 11.2 Å². The molecule has 1 aliphatic heterocycles. The van der Waals surface area contributed by atoms with Crippen LogP contribution in [0.4, 0.5) is 0 Å². The quantitative estimate of drug-likeness (QED) is 0.650. The van der Waals surface area contributed by atoms with Crippen LogP contribution in [0.15, 0.2) is 42.6 Å². The minimum atomic E-state index is -0.366. The molecule has 7 nitrogen and oxygen atoms in total. The first-order valence-corrected chi connectivity index (χ1v) is 12.2. The summed E-state index contributed by atoms with van der Waals surface area (Å²) in [5.41, 5.74) is 2.06. The maximum absolute atomic E-state index is 13.5. The highest BCUT2D eigenvalue weighted by Crippen LogP contribution is 2.32. The Labute approximate surface area is 207 Å². The second-order valence-corrected chi connectivity index (χ2v) is 9.66. The van der Waals surface area contributed by atoms with Crippen LogP contribution < -0.4 is 4.74 Å². The lowest BCUT2D eigenvalue weighted by Crippen LogP contribution is -2.50. The van der Waals surface area contributed by atoms with E-state index in [4.69, 9.17) is 4.74 Å². The lowest BCUT2D eigenvalue weighted by atomic mass is 9.99. The van der Waals surface area contributed by atoms with Crippen molar-refractivity contribution in [3.8, 4) is 17.7 Å². The van der Waals surface area contributed by atoms with Gasteiger partial charge in [0, 0.05) is 43.6 Å². The van der Waals surface area contributed by atoms with E-state index in [2.05, 4.69) is 16.8 Å². The van der Waals surface area contributed by atoms with E-state index >= 15 is 0 Å². The summed E-state index contributed by atoms with van der Waals surface area (Å²) in [5, 5.41) is 9.82. The van der Waals surface area contributed by atoms with Gasteiger partial charge in [0.05, 0.1) is 19.2 Å². The van der Waals surface area contributed by atoms with E-state index in [9.17, 15) is 14.7 Å². The number of fused-ring (bicyclic) bond motifs is 1. The Bertz CT molecular complexity index is 1120. The molecule has 3 atom stereocenters. The molecule has 2 aliphatic rings. The minimum absolute atomic E-state index is 0.0670. The largest absolute Gasteiger partial charge is 0.472 e. The molecule has 35 heavy (non-hydrogen) atoms. The zero-order chi connectivity index (χ0) is 24.9. The number of ether oxygens (including phenoxy) is 1. The molecule has 0 spiro atoms. The Balaban J connectivity index is 1.61. The monoisotopic (exact) mass is 475 g/mol. The van der Waals surface area contributed by atoms with Gasteiger partial charge in [0.25, 0.3) is 5.91 Å². The van der Waals surface area contributed by atoms with Gasteiger partial charge >= 0.3 is 0 Å². The van der Waals surface area contributed by atoms with Gasteiger partial charge in [0.15, 0.2) is 0 Å². The second kappa shape index (κ2) is 10.9. The van der Waals surface area contributed by atoms with E-state index in [1.807, 2.05) is 44.2 Å². The van der Waals surface area contributed by atoms with Crippen molar-refractivity contribution in [3.63, 3.8) is 0 Å². The average Bonchev–Trinajstić information content (AvgIpc) is 3.71. The molecule has 2 aromatic rings. The summed E-state index contributed by atoms with van der Waals surface area (Å²) in [6.45, 7) is 4.48. The van der Waals surface area contributed by atoms with E-state index in [0.717, 1.165) is 18.4 Å². The maximum atomic E-state index is 13.5. The Hall–Kier alpha value is -3.37. The molecule has 1 fully saturated rings. The summed E-state index contributed by atoms with van der Waals surface area (Å²) in [6.07, 6.45) is 3.76. The molecule has 1 aliphatic carbocycles. The van der Waals surface area contributed by atoms with E-state index in [1.54, 1.807) is 29.1 Å². The van der Waals surface area contributed by atoms with E-state index in [-0.39, 0.29) is 48.3 Å².